The molecule has 0 saturated carbocycles. The molecule has 3 N–H and O–H groups in total. The number of nitriles is 1. The van der Waals surface area contributed by atoms with Crippen LogP contribution >= 0.6 is 0 Å². The van der Waals surface area contributed by atoms with Gasteiger partial charge in [-0.1, -0.05) is 48.5 Å². The maximum absolute atomic E-state index is 10.6. The highest BCUT2D eigenvalue weighted by atomic mass is 32.2. The number of para-hydroxylation sites is 1. The molecule has 0 radical (unpaired) electrons. The third-order valence-corrected chi connectivity index (χ3v) is 5.22. The Hall–Kier alpha value is -3.34. The standard InChI is InChI=1S/C16H16N2.C7H9NO3S/c17-12-7-13-18(16-10-5-2-6-11-16)14-15-8-3-1-4-9-15;1-5-4-6(12(9,10)11)2-3-7(5)8/h1-6,8-11H,7,13-14H2;2-4H,8H2,1H3,(H,9,10,11). The number of benzene rings is 3. The van der Waals surface area contributed by atoms with Crippen molar-refractivity contribution in [2.75, 3.05) is 17.2 Å². The van der Waals surface area contributed by atoms with Crippen molar-refractivity contribution >= 4 is 21.5 Å². The van der Waals surface area contributed by atoms with Gasteiger partial charge in [0.1, 0.15) is 0 Å². The van der Waals surface area contributed by atoms with Gasteiger partial charge in [-0.2, -0.15) is 13.7 Å². The van der Waals surface area contributed by atoms with Crippen molar-refractivity contribution < 1.29 is 13.0 Å². The van der Waals surface area contributed by atoms with Gasteiger partial charge in [-0.3, -0.25) is 4.55 Å². The molecule has 0 spiro atoms. The number of nitrogen functional groups attached to an aromatic ring is 1. The van der Waals surface area contributed by atoms with E-state index in [1.807, 2.05) is 36.4 Å². The van der Waals surface area contributed by atoms with Crippen LogP contribution in [0.15, 0.2) is 83.8 Å². The second-order valence-electron chi connectivity index (χ2n) is 6.64. The van der Waals surface area contributed by atoms with Crippen molar-refractivity contribution in [3.8, 4) is 6.07 Å². The minimum Gasteiger partial charge on any atom is -0.399 e. The van der Waals surface area contributed by atoms with E-state index in [2.05, 4.69) is 35.2 Å². The summed E-state index contributed by atoms with van der Waals surface area (Å²) in [5.41, 5.74) is 9.01. The molecular formula is C23H25N3O3S. The van der Waals surface area contributed by atoms with Gasteiger partial charge in [-0.15, -0.1) is 0 Å². The molecule has 0 amide bonds. The molecule has 0 bridgehead atoms. The molecule has 6 nitrogen and oxygen atoms in total. The van der Waals surface area contributed by atoms with Gasteiger partial charge in [0.2, 0.25) is 0 Å². The van der Waals surface area contributed by atoms with Gasteiger partial charge < -0.3 is 10.6 Å². The zero-order chi connectivity index (χ0) is 22.0. The van der Waals surface area contributed by atoms with Crippen molar-refractivity contribution in [1.82, 2.24) is 0 Å². The summed E-state index contributed by atoms with van der Waals surface area (Å²) in [4.78, 5) is 2.10. The molecule has 3 aromatic carbocycles. The van der Waals surface area contributed by atoms with Crippen LogP contribution in [0.25, 0.3) is 0 Å². The van der Waals surface area contributed by atoms with Crippen molar-refractivity contribution in [1.29, 1.82) is 5.26 Å². The smallest absolute Gasteiger partial charge is 0.294 e. The summed E-state index contributed by atoms with van der Waals surface area (Å²) in [5.74, 6) is 0. The summed E-state index contributed by atoms with van der Waals surface area (Å²) in [5, 5.41) is 8.75. The third kappa shape index (κ3) is 7.24. The number of rotatable bonds is 6. The molecule has 0 atom stereocenters. The monoisotopic (exact) mass is 423 g/mol. The Morgan fingerprint density at radius 2 is 1.60 bits per heavy atom. The van der Waals surface area contributed by atoms with E-state index in [1.165, 1.54) is 23.8 Å². The summed E-state index contributed by atoms with van der Waals surface area (Å²) in [6.07, 6.45) is 0.543. The average molecular weight is 424 g/mol. The minimum atomic E-state index is -4.10. The molecule has 0 aliphatic rings. The Morgan fingerprint density at radius 1 is 1.00 bits per heavy atom. The van der Waals surface area contributed by atoms with Gasteiger partial charge in [0.15, 0.2) is 0 Å². The van der Waals surface area contributed by atoms with Crippen LogP contribution in [-0.4, -0.2) is 19.5 Å². The van der Waals surface area contributed by atoms with Crippen LogP contribution in [0.3, 0.4) is 0 Å². The van der Waals surface area contributed by atoms with Gasteiger partial charge >= 0.3 is 0 Å². The van der Waals surface area contributed by atoms with Crippen LogP contribution in [0.4, 0.5) is 11.4 Å². The van der Waals surface area contributed by atoms with Crippen molar-refractivity contribution in [3.05, 3.63) is 90.0 Å². The lowest BCUT2D eigenvalue weighted by Crippen LogP contribution is -2.23. The summed E-state index contributed by atoms with van der Waals surface area (Å²) in [6.45, 7) is 3.27. The lowest BCUT2D eigenvalue weighted by molar-refractivity contribution is 0.483. The Labute approximate surface area is 177 Å². The highest BCUT2D eigenvalue weighted by Gasteiger charge is 2.09. The normalized spacial score (nSPS) is 10.4. The maximum Gasteiger partial charge on any atom is 0.294 e. The number of hydrogen-bond donors (Lipinski definition) is 2. The zero-order valence-corrected chi connectivity index (χ0v) is 17.6. The first kappa shape index (κ1) is 22.9. The minimum absolute atomic E-state index is 0.130. The van der Waals surface area contributed by atoms with E-state index < -0.39 is 10.1 Å². The Bertz CT molecular complexity index is 1080. The molecule has 3 aromatic rings. The van der Waals surface area contributed by atoms with E-state index in [9.17, 15) is 8.42 Å². The molecule has 0 aliphatic carbocycles. The first-order valence-corrected chi connectivity index (χ1v) is 10.8. The van der Waals surface area contributed by atoms with Crippen molar-refractivity contribution in [2.24, 2.45) is 0 Å². The Balaban J connectivity index is 0.000000232. The molecule has 0 aromatic heterocycles. The first-order chi connectivity index (χ1) is 14.3. The van der Waals surface area contributed by atoms with Crippen LogP contribution in [0, 0.1) is 18.3 Å². The highest BCUT2D eigenvalue weighted by Crippen LogP contribution is 2.17. The summed E-state index contributed by atoms with van der Waals surface area (Å²) in [6, 6.07) is 26.8. The van der Waals surface area contributed by atoms with E-state index in [0.29, 0.717) is 17.7 Å². The summed E-state index contributed by atoms with van der Waals surface area (Å²) >= 11 is 0. The molecule has 156 valence electrons. The molecule has 3 rings (SSSR count). The second-order valence-corrected chi connectivity index (χ2v) is 8.07. The van der Waals surface area contributed by atoms with Gasteiger partial charge in [-0.05, 0) is 48.4 Å². The highest BCUT2D eigenvalue weighted by molar-refractivity contribution is 7.85. The fourth-order valence-corrected chi connectivity index (χ4v) is 3.30. The van der Waals surface area contributed by atoms with Gasteiger partial charge in [0.25, 0.3) is 10.1 Å². The number of hydrogen-bond acceptors (Lipinski definition) is 5. The molecule has 30 heavy (non-hydrogen) atoms. The Kier molecular flexibility index (Phi) is 8.41. The van der Waals surface area contributed by atoms with Crippen LogP contribution in [0.2, 0.25) is 0 Å². The SMILES string of the molecule is Cc1cc(S(=O)(=O)O)ccc1N.N#CCCN(Cc1ccccc1)c1ccccc1. The molecule has 0 aliphatic heterocycles. The van der Waals surface area contributed by atoms with Crippen LogP contribution in [-0.2, 0) is 16.7 Å². The maximum atomic E-state index is 10.6. The third-order valence-electron chi connectivity index (χ3n) is 4.37. The number of nitrogens with zero attached hydrogens (tertiary/aromatic N) is 2. The molecule has 0 saturated heterocycles. The lowest BCUT2D eigenvalue weighted by Gasteiger charge is -2.23. The van der Waals surface area contributed by atoms with E-state index >= 15 is 0 Å². The Morgan fingerprint density at radius 3 is 2.13 bits per heavy atom. The largest absolute Gasteiger partial charge is 0.399 e. The number of anilines is 2. The second kappa shape index (κ2) is 11.0. The van der Waals surface area contributed by atoms with E-state index in [-0.39, 0.29) is 4.90 Å². The summed E-state index contributed by atoms with van der Waals surface area (Å²) in [7, 11) is -4.10. The molecule has 7 heteroatoms. The zero-order valence-electron chi connectivity index (χ0n) is 16.8. The quantitative estimate of drug-likeness (QED) is 0.449. The van der Waals surface area contributed by atoms with Crippen molar-refractivity contribution in [3.63, 3.8) is 0 Å². The predicted molar refractivity (Wildman–Crippen MR) is 120 cm³/mol. The number of aryl methyl sites for hydroxylation is 1. The van der Waals surface area contributed by atoms with Crippen LogP contribution in [0.1, 0.15) is 17.5 Å². The average Bonchev–Trinajstić information content (AvgIpc) is 2.74. The van der Waals surface area contributed by atoms with E-state index in [1.54, 1.807) is 6.92 Å². The fourth-order valence-electron chi connectivity index (χ4n) is 2.74. The van der Waals surface area contributed by atoms with Gasteiger partial charge in [0, 0.05) is 24.5 Å². The molecule has 0 unspecified atom stereocenters. The molecule has 0 fully saturated rings. The van der Waals surface area contributed by atoms with E-state index in [0.717, 1.165) is 18.8 Å². The lowest BCUT2D eigenvalue weighted by atomic mass is 10.2. The van der Waals surface area contributed by atoms with E-state index in [4.69, 9.17) is 15.5 Å². The van der Waals surface area contributed by atoms with Gasteiger partial charge in [0.05, 0.1) is 17.4 Å². The first-order valence-electron chi connectivity index (χ1n) is 9.35. The number of nitrogens with two attached hydrogens (primary N) is 1. The predicted octanol–water partition coefficient (Wildman–Crippen LogP) is 4.43. The van der Waals surface area contributed by atoms with Crippen LogP contribution in [0.5, 0.6) is 0 Å². The van der Waals surface area contributed by atoms with Crippen molar-refractivity contribution in [2.45, 2.75) is 24.8 Å². The fraction of sp³-hybridized carbons (Fsp3) is 0.174. The topological polar surface area (TPSA) is 107 Å². The van der Waals surface area contributed by atoms with Crippen LogP contribution < -0.4 is 10.6 Å². The molecular weight excluding hydrogens is 398 g/mol. The summed E-state index contributed by atoms with van der Waals surface area (Å²) < 4.78 is 29.9. The molecule has 0 heterocycles. The van der Waals surface area contributed by atoms with Gasteiger partial charge in [-0.25, -0.2) is 0 Å².